The van der Waals surface area contributed by atoms with Crippen LogP contribution in [0.1, 0.15) is 22.3 Å². The molecule has 0 radical (unpaired) electrons. The summed E-state index contributed by atoms with van der Waals surface area (Å²) in [7, 11) is 1.65. The molecule has 4 heteroatoms. The van der Waals surface area contributed by atoms with Gasteiger partial charge in [-0.3, -0.25) is 4.98 Å². The first-order valence-electron chi connectivity index (χ1n) is 6.23. The van der Waals surface area contributed by atoms with Gasteiger partial charge in [0.2, 0.25) is 0 Å². The van der Waals surface area contributed by atoms with Crippen molar-refractivity contribution < 1.29 is 9.84 Å². The summed E-state index contributed by atoms with van der Waals surface area (Å²) in [5.41, 5.74) is 5.00. The fourth-order valence-electron chi connectivity index (χ4n) is 2.33. The molecule has 20 heavy (non-hydrogen) atoms. The first kappa shape index (κ1) is 13.9. The molecule has 4 nitrogen and oxygen atoms in total. The highest BCUT2D eigenvalue weighted by Gasteiger charge is 2.14. The summed E-state index contributed by atoms with van der Waals surface area (Å²) in [5, 5.41) is 18.6. The van der Waals surface area contributed by atoms with Crippen LogP contribution in [0.3, 0.4) is 0 Å². The predicted octanol–water partition coefficient (Wildman–Crippen LogP) is 3.26. The van der Waals surface area contributed by atoms with E-state index in [4.69, 9.17) is 10.00 Å². The maximum atomic E-state index is 9.55. The molecule has 1 N–H and O–H groups in total. The average molecular weight is 268 g/mol. The van der Waals surface area contributed by atoms with E-state index in [1.165, 1.54) is 6.20 Å². The van der Waals surface area contributed by atoms with Crippen molar-refractivity contribution in [2.75, 3.05) is 7.11 Å². The zero-order valence-electron chi connectivity index (χ0n) is 12.0. The van der Waals surface area contributed by atoms with Crippen molar-refractivity contribution in [1.82, 2.24) is 4.98 Å². The van der Waals surface area contributed by atoms with Gasteiger partial charge in [-0.25, -0.2) is 0 Å². The van der Waals surface area contributed by atoms with Gasteiger partial charge in [-0.2, -0.15) is 5.26 Å². The third-order valence-corrected chi connectivity index (χ3v) is 3.53. The molecule has 2 aromatic rings. The maximum absolute atomic E-state index is 9.55. The Balaban J connectivity index is 2.71. The minimum Gasteiger partial charge on any atom is -0.505 e. The quantitative estimate of drug-likeness (QED) is 0.907. The number of ether oxygens (including phenoxy) is 1. The molecule has 0 amide bonds. The molecule has 0 aliphatic rings. The zero-order chi connectivity index (χ0) is 14.9. The van der Waals surface area contributed by atoms with Gasteiger partial charge in [-0.1, -0.05) is 0 Å². The Hall–Kier alpha value is -2.54. The second-order valence-electron chi connectivity index (χ2n) is 4.72. The van der Waals surface area contributed by atoms with Crippen LogP contribution in [-0.4, -0.2) is 17.2 Å². The van der Waals surface area contributed by atoms with Crippen LogP contribution in [0.25, 0.3) is 11.3 Å². The number of nitriles is 1. The molecule has 1 aromatic carbocycles. The lowest BCUT2D eigenvalue weighted by molar-refractivity contribution is 0.411. The van der Waals surface area contributed by atoms with Crippen LogP contribution < -0.4 is 4.74 Å². The Morgan fingerprint density at radius 2 is 1.90 bits per heavy atom. The van der Waals surface area contributed by atoms with Gasteiger partial charge in [0.15, 0.2) is 5.75 Å². The molecule has 0 spiro atoms. The number of aryl methyl sites for hydroxylation is 1. The van der Waals surface area contributed by atoms with E-state index in [0.717, 1.165) is 28.0 Å². The zero-order valence-corrected chi connectivity index (χ0v) is 12.0. The smallest absolute Gasteiger partial charge is 0.151 e. The molecule has 102 valence electrons. The van der Waals surface area contributed by atoms with Crippen molar-refractivity contribution in [2.24, 2.45) is 0 Å². The Kier molecular flexibility index (Phi) is 3.62. The number of nitrogens with zero attached hydrogens (tertiary/aromatic N) is 2. The number of aromatic hydroxyl groups is 1. The largest absolute Gasteiger partial charge is 0.505 e. The van der Waals surface area contributed by atoms with Crippen LogP contribution in [0.2, 0.25) is 0 Å². The molecule has 0 unspecified atom stereocenters. The molecular weight excluding hydrogens is 252 g/mol. The standard InChI is InChI=1S/C16H16N2O2/c1-9-5-15(20-4)10(2)11(3)16(9)13-6-12(7-17)14(19)8-18-13/h5-6,8,19H,1-4H3. The van der Waals surface area contributed by atoms with E-state index < -0.39 is 0 Å². The summed E-state index contributed by atoms with van der Waals surface area (Å²) in [6, 6.07) is 5.53. The van der Waals surface area contributed by atoms with E-state index in [9.17, 15) is 5.11 Å². The third kappa shape index (κ3) is 2.19. The summed E-state index contributed by atoms with van der Waals surface area (Å²) in [6.45, 7) is 5.97. The monoisotopic (exact) mass is 268 g/mol. The Bertz CT molecular complexity index is 715. The molecule has 0 bridgehead atoms. The van der Waals surface area contributed by atoms with Crippen molar-refractivity contribution in [3.63, 3.8) is 0 Å². The molecule has 0 aliphatic heterocycles. The molecule has 0 saturated heterocycles. The van der Waals surface area contributed by atoms with E-state index in [2.05, 4.69) is 4.98 Å². The van der Waals surface area contributed by atoms with Crippen LogP contribution >= 0.6 is 0 Å². The van der Waals surface area contributed by atoms with Gasteiger partial charge in [0.25, 0.3) is 0 Å². The fraction of sp³-hybridized carbons (Fsp3) is 0.250. The molecular formula is C16H16N2O2. The van der Waals surface area contributed by atoms with E-state index in [-0.39, 0.29) is 11.3 Å². The van der Waals surface area contributed by atoms with E-state index in [1.807, 2.05) is 32.9 Å². The topological polar surface area (TPSA) is 66.1 Å². The highest BCUT2D eigenvalue weighted by atomic mass is 16.5. The number of hydrogen-bond acceptors (Lipinski definition) is 4. The van der Waals surface area contributed by atoms with Crippen molar-refractivity contribution in [1.29, 1.82) is 5.26 Å². The number of benzene rings is 1. The van der Waals surface area contributed by atoms with Gasteiger partial charge in [-0.05, 0) is 49.6 Å². The van der Waals surface area contributed by atoms with Crippen LogP contribution in [0.15, 0.2) is 18.3 Å². The minimum absolute atomic E-state index is 0.100. The molecule has 1 heterocycles. The molecule has 0 aliphatic carbocycles. The lowest BCUT2D eigenvalue weighted by atomic mass is 9.94. The second kappa shape index (κ2) is 5.22. The Morgan fingerprint density at radius 1 is 1.20 bits per heavy atom. The summed E-state index contributed by atoms with van der Waals surface area (Å²) in [6.07, 6.45) is 1.31. The highest BCUT2D eigenvalue weighted by Crippen LogP contribution is 2.34. The van der Waals surface area contributed by atoms with Gasteiger partial charge in [-0.15, -0.1) is 0 Å². The number of hydrogen-bond donors (Lipinski definition) is 1. The third-order valence-electron chi connectivity index (χ3n) is 3.53. The first-order valence-corrected chi connectivity index (χ1v) is 6.23. The summed E-state index contributed by atoms with van der Waals surface area (Å²) < 4.78 is 5.35. The lowest BCUT2D eigenvalue weighted by Crippen LogP contribution is -1.98. The van der Waals surface area contributed by atoms with Crippen molar-refractivity contribution in [2.45, 2.75) is 20.8 Å². The van der Waals surface area contributed by atoms with Gasteiger partial charge in [0.05, 0.1) is 24.6 Å². The summed E-state index contributed by atoms with van der Waals surface area (Å²) in [4.78, 5) is 4.23. The first-order chi connectivity index (χ1) is 9.49. The normalized spacial score (nSPS) is 10.2. The average Bonchev–Trinajstić information content (AvgIpc) is 2.44. The van der Waals surface area contributed by atoms with Gasteiger partial charge in [0.1, 0.15) is 11.8 Å². The minimum atomic E-state index is -0.100. The van der Waals surface area contributed by atoms with E-state index in [1.54, 1.807) is 13.2 Å². The molecule has 2 rings (SSSR count). The molecule has 1 aromatic heterocycles. The number of aromatic nitrogens is 1. The van der Waals surface area contributed by atoms with Gasteiger partial charge >= 0.3 is 0 Å². The van der Waals surface area contributed by atoms with Gasteiger partial charge < -0.3 is 9.84 Å². The SMILES string of the molecule is COc1cc(C)c(-c2cc(C#N)c(O)cn2)c(C)c1C. The summed E-state index contributed by atoms with van der Waals surface area (Å²) in [5.74, 6) is 0.736. The number of pyridine rings is 1. The Labute approximate surface area is 118 Å². The lowest BCUT2D eigenvalue weighted by Gasteiger charge is -2.15. The Morgan fingerprint density at radius 3 is 2.50 bits per heavy atom. The van der Waals surface area contributed by atoms with Crippen LogP contribution in [0.5, 0.6) is 11.5 Å². The second-order valence-corrected chi connectivity index (χ2v) is 4.72. The fourth-order valence-corrected chi connectivity index (χ4v) is 2.33. The van der Waals surface area contributed by atoms with Crippen molar-refractivity contribution in [3.05, 3.63) is 40.6 Å². The van der Waals surface area contributed by atoms with Crippen molar-refractivity contribution >= 4 is 0 Å². The van der Waals surface area contributed by atoms with Crippen molar-refractivity contribution in [3.8, 4) is 28.8 Å². The molecule has 0 saturated carbocycles. The predicted molar refractivity (Wildman–Crippen MR) is 76.8 cm³/mol. The summed E-state index contributed by atoms with van der Waals surface area (Å²) >= 11 is 0. The number of rotatable bonds is 2. The highest BCUT2D eigenvalue weighted by molar-refractivity contribution is 5.72. The van der Waals surface area contributed by atoms with Gasteiger partial charge in [0, 0.05) is 5.56 Å². The maximum Gasteiger partial charge on any atom is 0.151 e. The van der Waals surface area contributed by atoms with E-state index >= 15 is 0 Å². The van der Waals surface area contributed by atoms with E-state index in [0.29, 0.717) is 5.69 Å². The van der Waals surface area contributed by atoms with Crippen LogP contribution in [0.4, 0.5) is 0 Å². The van der Waals surface area contributed by atoms with Crippen LogP contribution in [-0.2, 0) is 0 Å². The molecule has 0 fully saturated rings. The number of methoxy groups -OCH3 is 1. The van der Waals surface area contributed by atoms with Crippen LogP contribution in [0, 0.1) is 32.1 Å². The molecule has 0 atom stereocenters.